The Morgan fingerprint density at radius 2 is 1.83 bits per heavy atom. The van der Waals surface area contributed by atoms with Crippen molar-refractivity contribution in [3.05, 3.63) is 65.9 Å². The Kier molecular flexibility index (Phi) is 4.70. The monoisotopic (exact) mass is 389 g/mol. The van der Waals surface area contributed by atoms with Gasteiger partial charge in [0.2, 0.25) is 5.91 Å². The Bertz CT molecular complexity index is 1060. The van der Waals surface area contributed by atoms with Crippen LogP contribution < -0.4 is 10.2 Å². The average Bonchev–Trinajstić information content (AvgIpc) is 3.34. The van der Waals surface area contributed by atoms with E-state index in [1.807, 2.05) is 69.3 Å². The minimum absolute atomic E-state index is 0.0729. The molecule has 2 amide bonds. The summed E-state index contributed by atoms with van der Waals surface area (Å²) in [5.41, 5.74) is 3.17. The number of rotatable bonds is 3. The lowest BCUT2D eigenvalue weighted by molar-refractivity contribution is -0.125. The first-order chi connectivity index (χ1) is 13.8. The molecule has 2 heterocycles. The van der Waals surface area contributed by atoms with Crippen molar-refractivity contribution >= 4 is 23.2 Å². The maximum absolute atomic E-state index is 12.7. The summed E-state index contributed by atoms with van der Waals surface area (Å²) < 4.78 is 5.31. The first kappa shape index (κ1) is 18.9. The van der Waals surface area contributed by atoms with E-state index in [-0.39, 0.29) is 17.5 Å². The van der Waals surface area contributed by atoms with Crippen LogP contribution in [0.5, 0.6) is 0 Å². The molecule has 1 aromatic heterocycles. The van der Waals surface area contributed by atoms with E-state index in [9.17, 15) is 9.59 Å². The van der Waals surface area contributed by atoms with Gasteiger partial charge in [-0.15, -0.1) is 0 Å². The summed E-state index contributed by atoms with van der Waals surface area (Å²) in [7, 11) is 0. The van der Waals surface area contributed by atoms with Crippen molar-refractivity contribution in [1.29, 1.82) is 0 Å². The topological polar surface area (TPSA) is 75.4 Å². The number of carbonyl (C=O) groups excluding carboxylic acids is 2. The van der Waals surface area contributed by atoms with E-state index < -0.39 is 5.41 Å². The van der Waals surface area contributed by atoms with Gasteiger partial charge in [-0.1, -0.05) is 62.3 Å². The third-order valence-electron chi connectivity index (χ3n) is 4.93. The smallest absolute Gasteiger partial charge is 0.277 e. The summed E-state index contributed by atoms with van der Waals surface area (Å²) in [5, 5.41) is 6.74. The number of nitrogens with zero attached hydrogens (tertiary/aromatic N) is 2. The van der Waals surface area contributed by atoms with Crippen LogP contribution in [0.3, 0.4) is 0 Å². The molecule has 2 aromatic carbocycles. The van der Waals surface area contributed by atoms with Gasteiger partial charge in [-0.25, -0.2) is 0 Å². The molecule has 4 rings (SSSR count). The van der Waals surface area contributed by atoms with Gasteiger partial charge < -0.3 is 14.7 Å². The van der Waals surface area contributed by atoms with E-state index in [4.69, 9.17) is 4.52 Å². The van der Waals surface area contributed by atoms with Gasteiger partial charge in [-0.2, -0.15) is 0 Å². The van der Waals surface area contributed by atoms with Gasteiger partial charge in [-0.3, -0.25) is 9.59 Å². The molecule has 0 radical (unpaired) electrons. The third-order valence-corrected chi connectivity index (χ3v) is 4.93. The fourth-order valence-corrected chi connectivity index (χ4v) is 3.39. The van der Waals surface area contributed by atoms with E-state index in [0.29, 0.717) is 18.0 Å². The molecule has 1 aliphatic rings. The molecule has 1 aliphatic heterocycles. The molecule has 0 aliphatic carbocycles. The summed E-state index contributed by atoms with van der Waals surface area (Å²) in [4.78, 5) is 27.2. The van der Waals surface area contributed by atoms with Crippen molar-refractivity contribution in [1.82, 2.24) is 5.16 Å². The second-order valence-electron chi connectivity index (χ2n) is 8.20. The highest BCUT2D eigenvalue weighted by atomic mass is 16.5. The van der Waals surface area contributed by atoms with Crippen LogP contribution in [0.15, 0.2) is 59.1 Å². The van der Waals surface area contributed by atoms with Gasteiger partial charge >= 0.3 is 0 Å². The zero-order chi connectivity index (χ0) is 20.6. The molecule has 0 saturated heterocycles. The Hall–Kier alpha value is -3.41. The molecule has 29 heavy (non-hydrogen) atoms. The minimum atomic E-state index is -0.463. The highest BCUT2D eigenvalue weighted by molar-refractivity contribution is 6.04. The highest BCUT2D eigenvalue weighted by Crippen LogP contribution is 2.34. The standard InChI is InChI=1S/C23H23N3O3/c1-23(2,3)22(28)26-12-11-15-9-10-17(13-19(15)26)24-21(27)18-14-20(29-25-18)16-7-5-4-6-8-16/h4-10,13-14H,11-12H2,1-3H3,(H,24,27). The lowest BCUT2D eigenvalue weighted by Gasteiger charge is -2.26. The molecule has 1 N–H and O–H groups in total. The number of hydrogen-bond acceptors (Lipinski definition) is 4. The Balaban J connectivity index is 1.53. The number of benzene rings is 2. The summed E-state index contributed by atoms with van der Waals surface area (Å²) in [6.07, 6.45) is 0.815. The molecule has 0 bridgehead atoms. The van der Waals surface area contributed by atoms with E-state index in [0.717, 1.165) is 23.2 Å². The van der Waals surface area contributed by atoms with Crippen molar-refractivity contribution in [2.45, 2.75) is 27.2 Å². The maximum atomic E-state index is 12.7. The lowest BCUT2D eigenvalue weighted by atomic mass is 9.94. The average molecular weight is 389 g/mol. The first-order valence-corrected chi connectivity index (χ1v) is 9.61. The van der Waals surface area contributed by atoms with Gasteiger partial charge in [0.15, 0.2) is 11.5 Å². The summed E-state index contributed by atoms with van der Waals surface area (Å²) in [5.74, 6) is 0.248. The number of amides is 2. The molecule has 6 nitrogen and oxygen atoms in total. The molecule has 0 spiro atoms. The number of aromatic nitrogens is 1. The Labute approximate surface area is 169 Å². The molecule has 0 fully saturated rings. The van der Waals surface area contributed by atoms with Crippen LogP contribution in [-0.4, -0.2) is 23.5 Å². The predicted octanol–water partition coefficient (Wildman–Crippen LogP) is 4.53. The first-order valence-electron chi connectivity index (χ1n) is 9.61. The van der Waals surface area contributed by atoms with Crippen LogP contribution in [-0.2, 0) is 11.2 Å². The van der Waals surface area contributed by atoms with E-state index in [2.05, 4.69) is 10.5 Å². The molecule has 148 valence electrons. The van der Waals surface area contributed by atoms with E-state index in [1.165, 1.54) is 0 Å². The maximum Gasteiger partial charge on any atom is 0.277 e. The molecule has 0 atom stereocenters. The van der Waals surface area contributed by atoms with Crippen LogP contribution in [0.1, 0.15) is 36.8 Å². The number of hydrogen-bond donors (Lipinski definition) is 1. The van der Waals surface area contributed by atoms with Gasteiger partial charge in [0, 0.05) is 35.0 Å². The second kappa shape index (κ2) is 7.20. The zero-order valence-electron chi connectivity index (χ0n) is 16.7. The number of nitrogens with one attached hydrogen (secondary N) is 1. The quantitative estimate of drug-likeness (QED) is 0.714. The Morgan fingerprint density at radius 3 is 2.55 bits per heavy atom. The number of fused-ring (bicyclic) bond motifs is 1. The van der Waals surface area contributed by atoms with Crippen molar-refractivity contribution in [2.75, 3.05) is 16.8 Å². The number of anilines is 2. The van der Waals surface area contributed by atoms with Gasteiger partial charge in [0.05, 0.1) is 0 Å². The van der Waals surface area contributed by atoms with Gasteiger partial charge in [0.1, 0.15) is 0 Å². The van der Waals surface area contributed by atoms with Crippen LogP contribution >= 0.6 is 0 Å². The molecule has 3 aromatic rings. The van der Waals surface area contributed by atoms with Gasteiger partial charge in [0.25, 0.3) is 5.91 Å². The fraction of sp³-hybridized carbons (Fsp3) is 0.261. The molecule has 0 unspecified atom stereocenters. The molecular weight excluding hydrogens is 366 g/mol. The summed E-state index contributed by atoms with van der Waals surface area (Å²) in [6, 6.07) is 16.8. The molecule has 6 heteroatoms. The Morgan fingerprint density at radius 1 is 1.07 bits per heavy atom. The molecular formula is C23H23N3O3. The van der Waals surface area contributed by atoms with E-state index in [1.54, 1.807) is 11.0 Å². The van der Waals surface area contributed by atoms with Crippen molar-refractivity contribution in [3.63, 3.8) is 0 Å². The normalized spacial score (nSPS) is 13.3. The van der Waals surface area contributed by atoms with Crippen LogP contribution in [0.25, 0.3) is 11.3 Å². The fourth-order valence-electron chi connectivity index (χ4n) is 3.39. The van der Waals surface area contributed by atoms with Crippen LogP contribution in [0.2, 0.25) is 0 Å². The molecule has 0 saturated carbocycles. The summed E-state index contributed by atoms with van der Waals surface area (Å²) >= 11 is 0. The van der Waals surface area contributed by atoms with E-state index >= 15 is 0 Å². The van der Waals surface area contributed by atoms with Crippen LogP contribution in [0.4, 0.5) is 11.4 Å². The number of carbonyl (C=O) groups is 2. The van der Waals surface area contributed by atoms with Crippen molar-refractivity contribution in [2.24, 2.45) is 5.41 Å². The summed E-state index contributed by atoms with van der Waals surface area (Å²) in [6.45, 7) is 6.39. The third kappa shape index (κ3) is 3.78. The SMILES string of the molecule is CC(C)(C)C(=O)N1CCc2ccc(NC(=O)c3cc(-c4ccccc4)on3)cc21. The van der Waals surface area contributed by atoms with Crippen molar-refractivity contribution in [3.8, 4) is 11.3 Å². The largest absolute Gasteiger partial charge is 0.355 e. The highest BCUT2D eigenvalue weighted by Gasteiger charge is 2.32. The van der Waals surface area contributed by atoms with Crippen molar-refractivity contribution < 1.29 is 14.1 Å². The lowest BCUT2D eigenvalue weighted by Crippen LogP contribution is -2.38. The zero-order valence-corrected chi connectivity index (χ0v) is 16.7. The minimum Gasteiger partial charge on any atom is -0.355 e. The second-order valence-corrected chi connectivity index (χ2v) is 8.20. The predicted molar refractivity (Wildman–Crippen MR) is 112 cm³/mol. The van der Waals surface area contributed by atoms with Crippen LogP contribution in [0, 0.1) is 5.41 Å². The van der Waals surface area contributed by atoms with Gasteiger partial charge in [-0.05, 0) is 24.1 Å².